The molecule has 1 atom stereocenters. The molecular formula is C11H12N2S2. The zero-order chi connectivity index (χ0) is 10.1. The van der Waals surface area contributed by atoms with Crippen molar-refractivity contribution in [1.82, 2.24) is 4.98 Å². The Morgan fingerprint density at radius 2 is 2.40 bits per heavy atom. The van der Waals surface area contributed by atoms with E-state index in [1.807, 2.05) is 18.0 Å². The Labute approximate surface area is 97.1 Å². The summed E-state index contributed by atoms with van der Waals surface area (Å²) in [5.41, 5.74) is 0. The fourth-order valence-corrected chi connectivity index (χ4v) is 3.79. The van der Waals surface area contributed by atoms with E-state index >= 15 is 0 Å². The molecule has 0 aliphatic carbocycles. The van der Waals surface area contributed by atoms with Gasteiger partial charge in [-0.05, 0) is 29.7 Å². The van der Waals surface area contributed by atoms with Crippen LogP contribution in [-0.4, -0.2) is 22.5 Å². The van der Waals surface area contributed by atoms with E-state index in [0.717, 1.165) is 5.82 Å². The summed E-state index contributed by atoms with van der Waals surface area (Å²) in [6, 6.07) is 4.83. The van der Waals surface area contributed by atoms with E-state index in [4.69, 9.17) is 0 Å². The highest BCUT2D eigenvalue weighted by atomic mass is 32.2. The summed E-state index contributed by atoms with van der Waals surface area (Å²) in [5, 5.41) is 6.93. The van der Waals surface area contributed by atoms with Crippen molar-refractivity contribution in [3.63, 3.8) is 0 Å². The smallest absolute Gasteiger partial charge is 0.134 e. The van der Waals surface area contributed by atoms with Gasteiger partial charge in [-0.1, -0.05) is 0 Å². The molecule has 0 saturated carbocycles. The van der Waals surface area contributed by atoms with E-state index in [-0.39, 0.29) is 0 Å². The highest BCUT2D eigenvalue weighted by Gasteiger charge is 2.16. The van der Waals surface area contributed by atoms with Crippen molar-refractivity contribution in [2.75, 3.05) is 16.8 Å². The van der Waals surface area contributed by atoms with Crippen LogP contribution in [0.25, 0.3) is 10.1 Å². The van der Waals surface area contributed by atoms with Gasteiger partial charge in [0, 0.05) is 28.1 Å². The normalized spacial score (nSPS) is 20.9. The third-order valence-electron chi connectivity index (χ3n) is 2.65. The van der Waals surface area contributed by atoms with Gasteiger partial charge in [0.1, 0.15) is 5.82 Å². The van der Waals surface area contributed by atoms with Crippen molar-refractivity contribution in [1.29, 1.82) is 0 Å². The molecule has 1 saturated heterocycles. The zero-order valence-corrected chi connectivity index (χ0v) is 9.90. The molecule has 1 aliphatic heterocycles. The Morgan fingerprint density at radius 3 is 3.27 bits per heavy atom. The molecule has 1 aliphatic rings. The summed E-state index contributed by atoms with van der Waals surface area (Å²) < 4.78 is 1.32. The van der Waals surface area contributed by atoms with Crippen molar-refractivity contribution in [3.8, 4) is 0 Å². The first kappa shape index (κ1) is 9.48. The van der Waals surface area contributed by atoms with Gasteiger partial charge in [-0.2, -0.15) is 11.8 Å². The number of thiophene rings is 1. The van der Waals surface area contributed by atoms with Gasteiger partial charge in [-0.15, -0.1) is 11.3 Å². The Hall–Kier alpha value is -0.740. The first-order chi connectivity index (χ1) is 7.43. The SMILES string of the molecule is c1cc2sccc2c(NC2CCSC2)n1. The Kier molecular flexibility index (Phi) is 2.54. The molecule has 1 N–H and O–H groups in total. The molecule has 15 heavy (non-hydrogen) atoms. The van der Waals surface area contributed by atoms with Gasteiger partial charge in [0.25, 0.3) is 0 Å². The van der Waals surface area contributed by atoms with Crippen molar-refractivity contribution in [2.24, 2.45) is 0 Å². The van der Waals surface area contributed by atoms with Gasteiger partial charge in [-0.3, -0.25) is 0 Å². The lowest BCUT2D eigenvalue weighted by Gasteiger charge is -2.12. The summed E-state index contributed by atoms with van der Waals surface area (Å²) >= 11 is 3.80. The van der Waals surface area contributed by atoms with Crippen molar-refractivity contribution in [3.05, 3.63) is 23.7 Å². The fourth-order valence-electron chi connectivity index (χ4n) is 1.85. The topological polar surface area (TPSA) is 24.9 Å². The molecule has 0 spiro atoms. The third kappa shape index (κ3) is 1.84. The fraction of sp³-hybridized carbons (Fsp3) is 0.364. The van der Waals surface area contributed by atoms with Gasteiger partial charge < -0.3 is 5.32 Å². The summed E-state index contributed by atoms with van der Waals surface area (Å²) in [5.74, 6) is 3.54. The van der Waals surface area contributed by atoms with E-state index < -0.39 is 0 Å². The Morgan fingerprint density at radius 1 is 1.40 bits per heavy atom. The molecule has 1 fully saturated rings. The summed E-state index contributed by atoms with van der Waals surface area (Å²) in [4.78, 5) is 4.43. The molecule has 4 heteroatoms. The predicted octanol–water partition coefficient (Wildman–Crippen LogP) is 3.21. The highest BCUT2D eigenvalue weighted by molar-refractivity contribution is 7.99. The molecule has 2 aromatic rings. The maximum atomic E-state index is 4.43. The van der Waals surface area contributed by atoms with E-state index in [2.05, 4.69) is 27.8 Å². The molecule has 1 unspecified atom stereocenters. The third-order valence-corrected chi connectivity index (χ3v) is 4.69. The Bertz CT molecular complexity index is 460. The van der Waals surface area contributed by atoms with Gasteiger partial charge >= 0.3 is 0 Å². The predicted molar refractivity (Wildman–Crippen MR) is 69.0 cm³/mol. The zero-order valence-electron chi connectivity index (χ0n) is 8.27. The Balaban J connectivity index is 1.92. The minimum Gasteiger partial charge on any atom is -0.366 e. The molecule has 2 nitrogen and oxygen atoms in total. The number of anilines is 1. The first-order valence-electron chi connectivity index (χ1n) is 5.10. The summed E-state index contributed by atoms with van der Waals surface area (Å²) in [7, 11) is 0. The summed E-state index contributed by atoms with van der Waals surface area (Å²) in [6.45, 7) is 0. The number of rotatable bonds is 2. The molecule has 0 aromatic carbocycles. The molecule has 0 radical (unpaired) electrons. The van der Waals surface area contributed by atoms with Gasteiger partial charge in [-0.25, -0.2) is 4.98 Å². The molecule has 3 heterocycles. The average Bonchev–Trinajstić information content (AvgIpc) is 2.87. The second-order valence-corrected chi connectivity index (χ2v) is 5.79. The molecule has 2 aromatic heterocycles. The average molecular weight is 236 g/mol. The number of thioether (sulfide) groups is 1. The van der Waals surface area contributed by atoms with E-state index in [1.165, 1.54) is 28.0 Å². The lowest BCUT2D eigenvalue weighted by molar-refractivity contribution is 0.809. The van der Waals surface area contributed by atoms with E-state index in [9.17, 15) is 0 Å². The molecule has 78 valence electrons. The van der Waals surface area contributed by atoms with Crippen molar-refractivity contribution >= 4 is 39.0 Å². The first-order valence-corrected chi connectivity index (χ1v) is 7.13. The van der Waals surface area contributed by atoms with Crippen LogP contribution in [0.2, 0.25) is 0 Å². The summed E-state index contributed by atoms with van der Waals surface area (Å²) in [6.07, 6.45) is 3.15. The van der Waals surface area contributed by atoms with Crippen LogP contribution in [-0.2, 0) is 0 Å². The van der Waals surface area contributed by atoms with Crippen LogP contribution < -0.4 is 5.32 Å². The molecule has 3 rings (SSSR count). The number of nitrogens with one attached hydrogen (secondary N) is 1. The standard InChI is InChI=1S/C11H12N2S2/c1-4-12-11(9-3-6-15-10(1)9)13-8-2-5-14-7-8/h1,3-4,6,8H,2,5,7H2,(H,12,13). The monoisotopic (exact) mass is 236 g/mol. The number of aromatic nitrogens is 1. The van der Waals surface area contributed by atoms with Gasteiger partial charge in [0.2, 0.25) is 0 Å². The van der Waals surface area contributed by atoms with Crippen LogP contribution >= 0.6 is 23.1 Å². The molecule has 0 bridgehead atoms. The number of nitrogens with zero attached hydrogens (tertiary/aromatic N) is 1. The van der Waals surface area contributed by atoms with Crippen molar-refractivity contribution in [2.45, 2.75) is 12.5 Å². The lowest BCUT2D eigenvalue weighted by atomic mass is 10.2. The number of hydrogen-bond acceptors (Lipinski definition) is 4. The van der Waals surface area contributed by atoms with Crippen molar-refractivity contribution < 1.29 is 0 Å². The largest absolute Gasteiger partial charge is 0.366 e. The number of fused-ring (bicyclic) bond motifs is 1. The maximum Gasteiger partial charge on any atom is 0.134 e. The van der Waals surface area contributed by atoms with Gasteiger partial charge in [0.15, 0.2) is 0 Å². The lowest BCUT2D eigenvalue weighted by Crippen LogP contribution is -2.18. The molecule has 0 amide bonds. The van der Waals surface area contributed by atoms with Crippen LogP contribution in [0.3, 0.4) is 0 Å². The second kappa shape index (κ2) is 4.02. The van der Waals surface area contributed by atoms with Crippen LogP contribution in [0.4, 0.5) is 5.82 Å². The number of hydrogen-bond donors (Lipinski definition) is 1. The quantitative estimate of drug-likeness (QED) is 0.866. The minimum absolute atomic E-state index is 0.605. The van der Waals surface area contributed by atoms with Gasteiger partial charge in [0.05, 0.1) is 0 Å². The van der Waals surface area contributed by atoms with Crippen LogP contribution in [0.5, 0.6) is 0 Å². The number of pyridine rings is 1. The van der Waals surface area contributed by atoms with Crippen LogP contribution in [0, 0.1) is 0 Å². The second-order valence-electron chi connectivity index (χ2n) is 3.70. The van der Waals surface area contributed by atoms with E-state index in [0.29, 0.717) is 6.04 Å². The minimum atomic E-state index is 0.605. The van der Waals surface area contributed by atoms with E-state index in [1.54, 1.807) is 11.3 Å². The van der Waals surface area contributed by atoms with Crippen LogP contribution in [0.1, 0.15) is 6.42 Å². The van der Waals surface area contributed by atoms with Crippen LogP contribution in [0.15, 0.2) is 23.7 Å². The highest BCUT2D eigenvalue weighted by Crippen LogP contribution is 2.28. The molecular weight excluding hydrogens is 224 g/mol. The maximum absolute atomic E-state index is 4.43.